The van der Waals surface area contributed by atoms with Crippen LogP contribution >= 0.6 is 0 Å². The molecule has 0 amide bonds. The summed E-state index contributed by atoms with van der Waals surface area (Å²) in [5, 5.41) is 9.19. The summed E-state index contributed by atoms with van der Waals surface area (Å²) in [6.45, 7) is 5.37. The first-order chi connectivity index (χ1) is 5.88. The highest BCUT2D eigenvalue weighted by atomic mass is 16.5. The van der Waals surface area contributed by atoms with Crippen molar-refractivity contribution in [3.8, 4) is 0 Å². The Kier molecular flexibility index (Phi) is 4.25. The van der Waals surface area contributed by atoms with E-state index < -0.39 is 5.41 Å². The van der Waals surface area contributed by atoms with Crippen molar-refractivity contribution in [1.29, 1.82) is 0 Å². The third-order valence-corrected chi connectivity index (χ3v) is 1.39. The number of rotatable bonds is 3. The van der Waals surface area contributed by atoms with Crippen molar-refractivity contribution in [3.05, 3.63) is 24.2 Å². The average molecular weight is 184 g/mol. The minimum Gasteiger partial charge on any atom is -0.508 e. The molecule has 13 heavy (non-hydrogen) atoms. The quantitative estimate of drug-likeness (QED) is 0.415. The number of methoxy groups -OCH3 is 1. The van der Waals surface area contributed by atoms with Gasteiger partial charge in [-0.05, 0) is 0 Å². The number of allylic oxidation sites excluding steroid dienone is 2. The van der Waals surface area contributed by atoms with Crippen LogP contribution in [0.15, 0.2) is 24.2 Å². The molecule has 0 saturated carbocycles. The van der Waals surface area contributed by atoms with E-state index in [-0.39, 0.29) is 11.5 Å². The first kappa shape index (κ1) is 11.8. The Hall–Kier alpha value is -1.25. The van der Waals surface area contributed by atoms with Crippen molar-refractivity contribution in [2.24, 2.45) is 5.41 Å². The van der Waals surface area contributed by atoms with Crippen molar-refractivity contribution in [2.75, 3.05) is 7.11 Å². The van der Waals surface area contributed by atoms with Gasteiger partial charge in [0.2, 0.25) is 0 Å². The van der Waals surface area contributed by atoms with E-state index in [0.717, 1.165) is 0 Å². The lowest BCUT2D eigenvalue weighted by molar-refractivity contribution is -0.121. The van der Waals surface area contributed by atoms with Crippen LogP contribution in [0, 0.1) is 5.41 Å². The molecule has 1 N–H and O–H groups in total. The van der Waals surface area contributed by atoms with Crippen LogP contribution in [0.4, 0.5) is 0 Å². The number of aliphatic hydroxyl groups excluding tert-OH is 1. The number of carbonyl (C=O) groups excluding carboxylic acids is 1. The van der Waals surface area contributed by atoms with E-state index in [0.29, 0.717) is 0 Å². The van der Waals surface area contributed by atoms with Crippen LogP contribution in [-0.4, -0.2) is 18.0 Å². The monoisotopic (exact) mass is 184 g/mol. The zero-order chi connectivity index (χ0) is 10.5. The summed E-state index contributed by atoms with van der Waals surface area (Å²) < 4.78 is 4.59. The van der Waals surface area contributed by atoms with Gasteiger partial charge in [-0.3, -0.25) is 4.79 Å². The number of carbonyl (C=O) groups is 1. The molecule has 0 aliphatic heterocycles. The zero-order valence-electron chi connectivity index (χ0n) is 8.50. The Morgan fingerprint density at radius 2 is 1.92 bits per heavy atom. The van der Waals surface area contributed by atoms with Gasteiger partial charge in [-0.2, -0.15) is 0 Å². The molecule has 0 aromatic carbocycles. The summed E-state index contributed by atoms with van der Waals surface area (Å²) in [5.74, 6) is -0.215. The van der Waals surface area contributed by atoms with Crippen molar-refractivity contribution in [3.63, 3.8) is 0 Å². The molecule has 0 spiro atoms. The molecule has 0 saturated heterocycles. The lowest BCUT2D eigenvalue weighted by atomic mass is 9.90. The second-order valence-corrected chi connectivity index (χ2v) is 3.72. The molecule has 0 aliphatic carbocycles. The molecule has 3 heteroatoms. The number of ether oxygens (including phenoxy) is 1. The van der Waals surface area contributed by atoms with E-state index in [1.54, 1.807) is 20.8 Å². The third-order valence-electron chi connectivity index (χ3n) is 1.39. The minimum absolute atomic E-state index is 0.0956. The molecule has 0 aliphatic rings. The SMILES string of the molecule is CO/C=C/C(O)=C/C(=O)C(C)(C)C. The van der Waals surface area contributed by atoms with Gasteiger partial charge in [0.15, 0.2) is 5.78 Å². The van der Waals surface area contributed by atoms with Gasteiger partial charge in [-0.25, -0.2) is 0 Å². The van der Waals surface area contributed by atoms with Gasteiger partial charge < -0.3 is 9.84 Å². The Labute approximate surface area is 78.7 Å². The Balaban J connectivity index is 4.40. The molecule has 0 aromatic rings. The van der Waals surface area contributed by atoms with Crippen molar-refractivity contribution < 1.29 is 14.6 Å². The number of hydrogen-bond acceptors (Lipinski definition) is 3. The predicted molar refractivity (Wildman–Crippen MR) is 51.3 cm³/mol. The highest BCUT2D eigenvalue weighted by Crippen LogP contribution is 2.15. The Morgan fingerprint density at radius 1 is 1.38 bits per heavy atom. The van der Waals surface area contributed by atoms with E-state index in [9.17, 15) is 9.90 Å². The second kappa shape index (κ2) is 4.70. The summed E-state index contributed by atoms with van der Waals surface area (Å²) in [6, 6.07) is 0. The van der Waals surface area contributed by atoms with Crippen molar-refractivity contribution >= 4 is 5.78 Å². The fraction of sp³-hybridized carbons (Fsp3) is 0.500. The first-order valence-corrected chi connectivity index (χ1v) is 4.02. The lowest BCUT2D eigenvalue weighted by Gasteiger charge is -2.12. The maximum atomic E-state index is 11.3. The van der Waals surface area contributed by atoms with Gasteiger partial charge in [0, 0.05) is 17.6 Å². The van der Waals surface area contributed by atoms with Gasteiger partial charge in [0.1, 0.15) is 5.76 Å². The van der Waals surface area contributed by atoms with Crippen LogP contribution in [0.5, 0.6) is 0 Å². The number of hydrogen-bond donors (Lipinski definition) is 1. The van der Waals surface area contributed by atoms with E-state index in [1.807, 2.05) is 0 Å². The zero-order valence-corrected chi connectivity index (χ0v) is 8.50. The summed E-state index contributed by atoms with van der Waals surface area (Å²) >= 11 is 0. The van der Waals surface area contributed by atoms with Crippen molar-refractivity contribution in [2.45, 2.75) is 20.8 Å². The van der Waals surface area contributed by atoms with Crippen LogP contribution in [0.2, 0.25) is 0 Å². The van der Waals surface area contributed by atoms with E-state index in [4.69, 9.17) is 0 Å². The Bertz CT molecular complexity index is 231. The average Bonchev–Trinajstić information content (AvgIpc) is 1.99. The van der Waals surface area contributed by atoms with Crippen LogP contribution in [0.3, 0.4) is 0 Å². The van der Waals surface area contributed by atoms with Gasteiger partial charge in [0.05, 0.1) is 13.4 Å². The largest absolute Gasteiger partial charge is 0.508 e. The molecule has 0 fully saturated rings. The van der Waals surface area contributed by atoms with Crippen LogP contribution in [-0.2, 0) is 9.53 Å². The van der Waals surface area contributed by atoms with E-state index in [2.05, 4.69) is 4.74 Å². The summed E-state index contributed by atoms with van der Waals surface area (Å²) in [7, 11) is 1.47. The number of ketones is 1. The minimum atomic E-state index is -0.463. The normalized spacial score (nSPS) is 13.4. The maximum Gasteiger partial charge on any atom is 0.164 e. The summed E-state index contributed by atoms with van der Waals surface area (Å²) in [6.07, 6.45) is 3.82. The highest BCUT2D eigenvalue weighted by Gasteiger charge is 2.18. The van der Waals surface area contributed by atoms with Gasteiger partial charge in [-0.15, -0.1) is 0 Å². The Morgan fingerprint density at radius 3 is 2.31 bits per heavy atom. The molecular formula is C10H16O3. The highest BCUT2D eigenvalue weighted by molar-refractivity contribution is 5.94. The molecule has 0 aromatic heterocycles. The van der Waals surface area contributed by atoms with Gasteiger partial charge >= 0.3 is 0 Å². The van der Waals surface area contributed by atoms with E-state index in [1.165, 1.54) is 25.5 Å². The first-order valence-electron chi connectivity index (χ1n) is 4.02. The maximum absolute atomic E-state index is 11.3. The third kappa shape index (κ3) is 5.06. The molecule has 0 rings (SSSR count). The molecule has 0 radical (unpaired) electrons. The fourth-order valence-corrected chi connectivity index (χ4v) is 0.537. The lowest BCUT2D eigenvalue weighted by Crippen LogP contribution is -2.17. The smallest absolute Gasteiger partial charge is 0.164 e. The second-order valence-electron chi connectivity index (χ2n) is 3.72. The summed E-state index contributed by atoms with van der Waals surface area (Å²) in [5.41, 5.74) is -0.463. The van der Waals surface area contributed by atoms with Gasteiger partial charge in [0.25, 0.3) is 0 Å². The van der Waals surface area contributed by atoms with Gasteiger partial charge in [-0.1, -0.05) is 20.8 Å². The molecule has 74 valence electrons. The van der Waals surface area contributed by atoms with Crippen LogP contribution < -0.4 is 0 Å². The topological polar surface area (TPSA) is 46.5 Å². The molecular weight excluding hydrogens is 168 g/mol. The predicted octanol–water partition coefficient (Wildman–Crippen LogP) is 2.20. The van der Waals surface area contributed by atoms with E-state index >= 15 is 0 Å². The van der Waals surface area contributed by atoms with Crippen LogP contribution in [0.1, 0.15) is 20.8 Å². The van der Waals surface area contributed by atoms with Crippen LogP contribution in [0.25, 0.3) is 0 Å². The van der Waals surface area contributed by atoms with Crippen molar-refractivity contribution in [1.82, 2.24) is 0 Å². The molecule has 0 atom stereocenters. The number of aliphatic hydroxyl groups is 1. The molecule has 0 bridgehead atoms. The molecule has 0 heterocycles. The molecule has 0 unspecified atom stereocenters. The fourth-order valence-electron chi connectivity index (χ4n) is 0.537. The summed E-state index contributed by atoms with van der Waals surface area (Å²) in [4.78, 5) is 11.3. The molecule has 3 nitrogen and oxygen atoms in total. The standard InChI is InChI=1S/C10H16O3/c1-10(2,3)9(12)7-8(11)5-6-13-4/h5-7,11H,1-4H3/b6-5+,8-7-.